The normalized spacial score (nSPS) is 15.9. The van der Waals surface area contributed by atoms with Crippen LogP contribution in [-0.2, 0) is 17.6 Å². The summed E-state index contributed by atoms with van der Waals surface area (Å²) in [7, 11) is 0. The van der Waals surface area contributed by atoms with E-state index in [9.17, 15) is 9.18 Å². The summed E-state index contributed by atoms with van der Waals surface area (Å²) in [6.07, 6.45) is 3.52. The maximum atomic E-state index is 13.0. The summed E-state index contributed by atoms with van der Waals surface area (Å²) >= 11 is 0. The lowest BCUT2D eigenvalue weighted by Crippen LogP contribution is -2.53. The van der Waals surface area contributed by atoms with Gasteiger partial charge in [0.2, 0.25) is 0 Å². The summed E-state index contributed by atoms with van der Waals surface area (Å²) in [6.45, 7) is 5.06. The molecule has 5 nitrogen and oxygen atoms in total. The third kappa shape index (κ3) is 6.71. The monoisotopic (exact) mass is 475 g/mol. The molecule has 1 saturated heterocycles. The van der Waals surface area contributed by atoms with Gasteiger partial charge in [-0.05, 0) is 85.6 Å². The van der Waals surface area contributed by atoms with Crippen molar-refractivity contribution in [1.82, 2.24) is 4.90 Å². The standard InChI is InChI=1S/C26H30FNO4.ClH/c1-18-21(15-28-16-24(17-28)32-26(29)30)8-7-20-14-23(11-12-25(18)20)31-13-3-2-4-19-5-9-22(27)10-6-19;/h5-6,9-12,14,24H,2-4,7-8,13,15-17H2,1H3,(H,29,30);1H. The molecular formula is C26H31ClFNO4. The Morgan fingerprint density at radius 2 is 1.88 bits per heavy atom. The lowest BCUT2D eigenvalue weighted by atomic mass is 9.85. The fraction of sp³-hybridized carbons (Fsp3) is 0.423. The Balaban J connectivity index is 0.00000306. The molecule has 1 aliphatic heterocycles. The smallest absolute Gasteiger partial charge is 0.494 e. The highest BCUT2D eigenvalue weighted by Crippen LogP contribution is 2.34. The van der Waals surface area contributed by atoms with Crippen LogP contribution in [0, 0.1) is 5.82 Å². The van der Waals surface area contributed by atoms with Gasteiger partial charge in [0.15, 0.2) is 0 Å². The first kappa shape index (κ1) is 25.1. The van der Waals surface area contributed by atoms with Crippen molar-refractivity contribution in [1.29, 1.82) is 0 Å². The summed E-state index contributed by atoms with van der Waals surface area (Å²) in [5.74, 6) is 0.722. The second kappa shape index (κ2) is 11.5. The molecule has 0 amide bonds. The van der Waals surface area contributed by atoms with E-state index in [4.69, 9.17) is 14.6 Å². The van der Waals surface area contributed by atoms with E-state index in [1.54, 1.807) is 0 Å². The van der Waals surface area contributed by atoms with Crippen LogP contribution >= 0.6 is 12.4 Å². The number of rotatable bonds is 9. The molecule has 1 N–H and O–H groups in total. The van der Waals surface area contributed by atoms with Gasteiger partial charge in [-0.3, -0.25) is 4.90 Å². The van der Waals surface area contributed by atoms with Gasteiger partial charge in [-0.1, -0.05) is 23.8 Å². The summed E-state index contributed by atoms with van der Waals surface area (Å²) in [6, 6.07) is 13.1. The lowest BCUT2D eigenvalue weighted by molar-refractivity contribution is -0.0292. The van der Waals surface area contributed by atoms with Gasteiger partial charge < -0.3 is 14.6 Å². The number of halogens is 2. The van der Waals surface area contributed by atoms with Crippen molar-refractivity contribution in [2.75, 3.05) is 26.2 Å². The van der Waals surface area contributed by atoms with E-state index in [2.05, 4.69) is 24.0 Å². The van der Waals surface area contributed by atoms with E-state index in [-0.39, 0.29) is 24.3 Å². The number of hydrogen-bond donors (Lipinski definition) is 1. The van der Waals surface area contributed by atoms with Crippen LogP contribution in [0.5, 0.6) is 5.75 Å². The fourth-order valence-corrected chi connectivity index (χ4v) is 4.50. The minimum Gasteiger partial charge on any atom is -0.494 e. The Bertz CT molecular complexity index is 986. The SMILES string of the molecule is CC1=C(CN2CC(OC(=O)O)C2)CCc2cc(OCCCCc3ccc(F)cc3)ccc21.Cl. The zero-order valence-electron chi connectivity index (χ0n) is 18.9. The van der Waals surface area contributed by atoms with Gasteiger partial charge in [0.25, 0.3) is 0 Å². The minimum absolute atomic E-state index is 0. The van der Waals surface area contributed by atoms with E-state index in [1.807, 2.05) is 18.2 Å². The van der Waals surface area contributed by atoms with Crippen molar-refractivity contribution < 1.29 is 23.8 Å². The maximum Gasteiger partial charge on any atom is 0.506 e. The Kier molecular flexibility index (Phi) is 8.75. The van der Waals surface area contributed by atoms with Crippen LogP contribution in [0.3, 0.4) is 0 Å². The van der Waals surface area contributed by atoms with Gasteiger partial charge in [-0.25, -0.2) is 9.18 Å². The van der Waals surface area contributed by atoms with Gasteiger partial charge in [0.1, 0.15) is 17.7 Å². The van der Waals surface area contributed by atoms with Crippen molar-refractivity contribution in [3.8, 4) is 5.75 Å². The predicted molar refractivity (Wildman–Crippen MR) is 129 cm³/mol. The fourth-order valence-electron chi connectivity index (χ4n) is 4.50. The van der Waals surface area contributed by atoms with Gasteiger partial charge in [0, 0.05) is 19.6 Å². The number of benzene rings is 2. The second-order valence-electron chi connectivity index (χ2n) is 8.68. The lowest BCUT2D eigenvalue weighted by Gasteiger charge is -2.39. The first-order valence-corrected chi connectivity index (χ1v) is 11.3. The van der Waals surface area contributed by atoms with Crippen LogP contribution in [0.25, 0.3) is 5.57 Å². The first-order valence-electron chi connectivity index (χ1n) is 11.3. The van der Waals surface area contributed by atoms with Crippen LogP contribution in [-0.4, -0.2) is 48.5 Å². The summed E-state index contributed by atoms with van der Waals surface area (Å²) in [4.78, 5) is 12.8. The molecule has 4 rings (SSSR count). The van der Waals surface area contributed by atoms with Crippen LogP contribution < -0.4 is 4.74 Å². The van der Waals surface area contributed by atoms with Crippen LogP contribution in [0.15, 0.2) is 48.0 Å². The number of carbonyl (C=O) groups is 1. The van der Waals surface area contributed by atoms with E-state index >= 15 is 0 Å². The predicted octanol–water partition coefficient (Wildman–Crippen LogP) is 5.75. The highest BCUT2D eigenvalue weighted by Gasteiger charge is 2.31. The molecular weight excluding hydrogens is 445 g/mol. The zero-order valence-corrected chi connectivity index (χ0v) is 19.7. The number of allylic oxidation sites excluding steroid dienone is 1. The second-order valence-corrected chi connectivity index (χ2v) is 8.68. The molecule has 0 atom stereocenters. The van der Waals surface area contributed by atoms with Crippen LogP contribution in [0.1, 0.15) is 42.9 Å². The molecule has 2 aromatic carbocycles. The molecule has 0 aromatic heterocycles. The Morgan fingerprint density at radius 1 is 1.12 bits per heavy atom. The Morgan fingerprint density at radius 3 is 2.61 bits per heavy atom. The quantitative estimate of drug-likeness (QED) is 0.369. The van der Waals surface area contributed by atoms with Gasteiger partial charge in [0.05, 0.1) is 6.61 Å². The van der Waals surface area contributed by atoms with E-state index in [0.29, 0.717) is 19.7 Å². The molecule has 2 aliphatic rings. The van der Waals surface area contributed by atoms with E-state index in [0.717, 1.165) is 50.0 Å². The Labute approximate surface area is 200 Å². The Hall–Kier alpha value is -2.57. The molecule has 0 bridgehead atoms. The average Bonchev–Trinajstić information content (AvgIpc) is 2.74. The zero-order chi connectivity index (χ0) is 22.5. The molecule has 7 heteroatoms. The van der Waals surface area contributed by atoms with Crippen LogP contribution in [0.2, 0.25) is 0 Å². The first-order chi connectivity index (χ1) is 15.5. The minimum atomic E-state index is -1.19. The largest absolute Gasteiger partial charge is 0.506 e. The number of fused-ring (bicyclic) bond motifs is 1. The van der Waals surface area contributed by atoms with Gasteiger partial charge in [-0.2, -0.15) is 0 Å². The number of aryl methyl sites for hydroxylation is 2. The van der Waals surface area contributed by atoms with E-state index in [1.165, 1.54) is 34.4 Å². The topological polar surface area (TPSA) is 59.0 Å². The highest BCUT2D eigenvalue weighted by atomic mass is 35.5. The van der Waals surface area contributed by atoms with Crippen LogP contribution in [0.4, 0.5) is 9.18 Å². The third-order valence-corrected chi connectivity index (χ3v) is 6.35. The molecule has 178 valence electrons. The van der Waals surface area contributed by atoms with Crippen molar-refractivity contribution in [2.45, 2.75) is 45.1 Å². The summed E-state index contributed by atoms with van der Waals surface area (Å²) in [5.41, 5.74) is 6.50. The molecule has 1 aliphatic carbocycles. The molecule has 2 aromatic rings. The van der Waals surface area contributed by atoms with Gasteiger partial charge >= 0.3 is 6.16 Å². The number of unbranched alkanes of at least 4 members (excludes halogenated alkanes) is 1. The number of likely N-dealkylation sites (tertiary alicyclic amines) is 1. The molecule has 1 heterocycles. The van der Waals surface area contributed by atoms with Crippen molar-refractivity contribution in [2.24, 2.45) is 0 Å². The molecule has 1 fully saturated rings. The summed E-state index contributed by atoms with van der Waals surface area (Å²) in [5, 5.41) is 8.69. The number of carboxylic acid groups (broad SMARTS) is 1. The average molecular weight is 476 g/mol. The van der Waals surface area contributed by atoms with Crippen molar-refractivity contribution >= 4 is 24.1 Å². The van der Waals surface area contributed by atoms with E-state index < -0.39 is 6.16 Å². The number of nitrogens with zero attached hydrogens (tertiary/aromatic N) is 1. The van der Waals surface area contributed by atoms with Crippen molar-refractivity contribution in [3.63, 3.8) is 0 Å². The molecule has 0 saturated carbocycles. The van der Waals surface area contributed by atoms with Crippen molar-refractivity contribution in [3.05, 3.63) is 70.5 Å². The molecule has 33 heavy (non-hydrogen) atoms. The molecule has 0 spiro atoms. The number of hydrogen-bond acceptors (Lipinski definition) is 4. The molecule has 0 radical (unpaired) electrons. The highest BCUT2D eigenvalue weighted by molar-refractivity contribution is 5.85. The maximum absolute atomic E-state index is 13.0. The number of ether oxygens (including phenoxy) is 2. The third-order valence-electron chi connectivity index (χ3n) is 6.35. The molecule has 0 unspecified atom stereocenters. The summed E-state index contributed by atoms with van der Waals surface area (Å²) < 4.78 is 23.7. The van der Waals surface area contributed by atoms with Gasteiger partial charge in [-0.15, -0.1) is 12.4 Å².